The van der Waals surface area contributed by atoms with Crippen LogP contribution in [-0.2, 0) is 9.53 Å². The first-order valence-corrected chi connectivity index (χ1v) is 9.73. The lowest BCUT2D eigenvalue weighted by Crippen LogP contribution is -2.06. The maximum atomic E-state index is 10.7. The van der Waals surface area contributed by atoms with Gasteiger partial charge >= 0.3 is 0 Å². The minimum absolute atomic E-state index is 0.0650. The van der Waals surface area contributed by atoms with E-state index < -0.39 is 0 Å². The number of fused-ring (bicyclic) bond motifs is 1. The summed E-state index contributed by atoms with van der Waals surface area (Å²) in [6.07, 6.45) is 1.91. The van der Waals surface area contributed by atoms with Gasteiger partial charge in [0.1, 0.15) is 5.75 Å². The molecule has 1 heterocycles. The lowest BCUT2D eigenvalue weighted by atomic mass is 9.94. The molecule has 0 aliphatic heterocycles. The summed E-state index contributed by atoms with van der Waals surface area (Å²) in [5.74, 6) is 2.29. The molecule has 0 saturated carbocycles. The zero-order chi connectivity index (χ0) is 22.5. The molecule has 0 saturated heterocycles. The van der Waals surface area contributed by atoms with Crippen molar-refractivity contribution < 1.29 is 28.5 Å². The second kappa shape index (κ2) is 9.47. The Morgan fingerprint density at radius 2 is 1.68 bits per heavy atom. The Balaban J connectivity index is 2.12. The van der Waals surface area contributed by atoms with E-state index in [1.165, 1.54) is 0 Å². The lowest BCUT2D eigenvalue weighted by molar-refractivity contribution is -0.129. The second-order valence-electron chi connectivity index (χ2n) is 7.03. The smallest absolute Gasteiger partial charge is 0.293 e. The molecule has 1 N–H and O–H groups in total. The van der Waals surface area contributed by atoms with Gasteiger partial charge in [-0.15, -0.1) is 0 Å². The van der Waals surface area contributed by atoms with Crippen LogP contribution in [0.5, 0.6) is 23.0 Å². The molecule has 0 spiro atoms. The van der Waals surface area contributed by atoms with Crippen LogP contribution >= 0.6 is 0 Å². The predicted octanol–water partition coefficient (Wildman–Crippen LogP) is 4.54. The van der Waals surface area contributed by atoms with Gasteiger partial charge in [-0.25, -0.2) is 0 Å². The van der Waals surface area contributed by atoms with Gasteiger partial charge in [0.2, 0.25) is 5.75 Å². The van der Waals surface area contributed by atoms with Crippen LogP contribution < -0.4 is 18.9 Å². The Morgan fingerprint density at radius 1 is 1.03 bits per heavy atom. The largest absolute Gasteiger partial charge is 0.496 e. The van der Waals surface area contributed by atoms with E-state index in [9.17, 15) is 4.79 Å². The number of carbonyl (C=O) groups excluding carboxylic acids is 1. The fourth-order valence-corrected chi connectivity index (χ4v) is 3.80. The fourth-order valence-electron chi connectivity index (χ4n) is 3.80. The molecule has 3 aromatic rings. The predicted molar refractivity (Wildman–Crippen MR) is 120 cm³/mol. The number of methoxy groups -OCH3 is 4. The van der Waals surface area contributed by atoms with Crippen LogP contribution in [0.15, 0.2) is 37.0 Å². The monoisotopic (exact) mass is 425 g/mol. The molecule has 164 valence electrons. The molecule has 0 aliphatic rings. The van der Waals surface area contributed by atoms with Crippen molar-refractivity contribution in [3.05, 3.63) is 53.7 Å². The van der Waals surface area contributed by atoms with E-state index in [0.29, 0.717) is 23.7 Å². The number of aromatic nitrogens is 1. The highest BCUT2D eigenvalue weighted by Crippen LogP contribution is 2.42. The number of benzene rings is 2. The number of aromatic amines is 1. The number of ether oxygens (including phenoxy) is 5. The first-order chi connectivity index (χ1) is 15.0. The Hall–Kier alpha value is -3.61. The minimum atomic E-state index is -0.0650. The molecule has 0 amide bonds. The van der Waals surface area contributed by atoms with Crippen LogP contribution in [0.3, 0.4) is 0 Å². The molecule has 1 atom stereocenters. The molecule has 2 aromatic carbocycles. The summed E-state index contributed by atoms with van der Waals surface area (Å²) in [5.41, 5.74) is 4.40. The molecule has 7 heteroatoms. The van der Waals surface area contributed by atoms with Crippen LogP contribution in [0.4, 0.5) is 0 Å². The van der Waals surface area contributed by atoms with Gasteiger partial charge in [0.25, 0.3) is 6.47 Å². The molecule has 31 heavy (non-hydrogen) atoms. The highest BCUT2D eigenvalue weighted by Gasteiger charge is 2.21. The number of hydrogen-bond donors (Lipinski definition) is 1. The summed E-state index contributed by atoms with van der Waals surface area (Å²) in [7, 11) is 6.35. The van der Waals surface area contributed by atoms with Gasteiger partial charge < -0.3 is 28.7 Å². The third kappa shape index (κ3) is 4.03. The van der Waals surface area contributed by atoms with Crippen molar-refractivity contribution in [3.8, 4) is 23.0 Å². The van der Waals surface area contributed by atoms with Gasteiger partial charge in [-0.2, -0.15) is 0 Å². The molecule has 1 aromatic heterocycles. The third-order valence-electron chi connectivity index (χ3n) is 5.32. The lowest BCUT2D eigenvalue weighted by Gasteiger charge is -2.17. The normalized spacial score (nSPS) is 11.6. The van der Waals surface area contributed by atoms with Gasteiger partial charge in [-0.05, 0) is 35.4 Å². The van der Waals surface area contributed by atoms with E-state index in [1.807, 2.05) is 37.4 Å². The Bertz CT molecular complexity index is 1080. The van der Waals surface area contributed by atoms with Crippen molar-refractivity contribution in [2.75, 3.05) is 35.0 Å². The van der Waals surface area contributed by atoms with Crippen molar-refractivity contribution in [2.24, 2.45) is 0 Å². The zero-order valence-corrected chi connectivity index (χ0v) is 18.4. The number of rotatable bonds is 10. The van der Waals surface area contributed by atoms with E-state index >= 15 is 0 Å². The number of H-pyrrole nitrogens is 1. The fraction of sp³-hybridized carbons (Fsp3) is 0.292. The summed E-state index contributed by atoms with van der Waals surface area (Å²) in [4.78, 5) is 14.0. The van der Waals surface area contributed by atoms with Crippen LogP contribution in [0.25, 0.3) is 16.5 Å². The van der Waals surface area contributed by atoms with E-state index in [4.69, 9.17) is 23.7 Å². The van der Waals surface area contributed by atoms with Gasteiger partial charge in [0.15, 0.2) is 11.5 Å². The molecule has 7 nitrogen and oxygen atoms in total. The van der Waals surface area contributed by atoms with Gasteiger partial charge in [-0.3, -0.25) is 4.79 Å². The zero-order valence-electron chi connectivity index (χ0n) is 18.4. The van der Waals surface area contributed by atoms with Crippen LogP contribution in [0.2, 0.25) is 0 Å². The quantitative estimate of drug-likeness (QED) is 0.481. The molecular formula is C24H27NO6. The first-order valence-electron chi connectivity index (χ1n) is 9.73. The average molecular weight is 425 g/mol. The molecule has 0 radical (unpaired) electrons. The number of carbonyl (C=O) groups is 1. The summed E-state index contributed by atoms with van der Waals surface area (Å²) in [6, 6.07) is 7.63. The SMILES string of the molecule is C=C(c1cc(OC)c(OC)c(OC)c1)c1c[nH]c2c(C(C)COC=O)c(OC)ccc12. The van der Waals surface area contributed by atoms with E-state index in [0.717, 1.165) is 38.9 Å². The topological polar surface area (TPSA) is 79.0 Å². The Kier molecular flexibility index (Phi) is 6.74. The Morgan fingerprint density at radius 3 is 2.23 bits per heavy atom. The van der Waals surface area contributed by atoms with E-state index in [-0.39, 0.29) is 12.5 Å². The molecule has 1 unspecified atom stereocenters. The van der Waals surface area contributed by atoms with Crippen molar-refractivity contribution in [1.82, 2.24) is 4.98 Å². The molecule has 0 aliphatic carbocycles. The molecular weight excluding hydrogens is 398 g/mol. The average Bonchev–Trinajstić information content (AvgIpc) is 3.24. The summed E-state index contributed by atoms with van der Waals surface area (Å²) >= 11 is 0. The maximum Gasteiger partial charge on any atom is 0.293 e. The van der Waals surface area contributed by atoms with Gasteiger partial charge in [0.05, 0.1) is 40.6 Å². The highest BCUT2D eigenvalue weighted by atomic mass is 16.5. The Labute approximate surface area is 181 Å². The van der Waals surface area contributed by atoms with Gasteiger partial charge in [0, 0.05) is 28.6 Å². The summed E-state index contributed by atoms with van der Waals surface area (Å²) in [5, 5.41) is 0.979. The number of nitrogens with one attached hydrogen (secondary N) is 1. The van der Waals surface area contributed by atoms with Crippen molar-refractivity contribution >= 4 is 22.9 Å². The van der Waals surface area contributed by atoms with Crippen LogP contribution in [-0.4, -0.2) is 46.5 Å². The van der Waals surface area contributed by atoms with Gasteiger partial charge in [-0.1, -0.05) is 13.5 Å². The van der Waals surface area contributed by atoms with E-state index in [2.05, 4.69) is 11.6 Å². The van der Waals surface area contributed by atoms with Crippen LogP contribution in [0, 0.1) is 0 Å². The third-order valence-corrected chi connectivity index (χ3v) is 5.32. The maximum absolute atomic E-state index is 10.7. The first kappa shape index (κ1) is 22.1. The van der Waals surface area contributed by atoms with E-state index in [1.54, 1.807) is 28.4 Å². The molecule has 0 bridgehead atoms. The van der Waals surface area contributed by atoms with Crippen molar-refractivity contribution in [2.45, 2.75) is 12.8 Å². The van der Waals surface area contributed by atoms with Crippen LogP contribution in [0.1, 0.15) is 29.5 Å². The molecule has 0 fully saturated rings. The van der Waals surface area contributed by atoms with Crippen molar-refractivity contribution in [3.63, 3.8) is 0 Å². The summed E-state index contributed by atoms with van der Waals surface area (Å²) in [6.45, 7) is 7.00. The molecule has 3 rings (SSSR count). The summed E-state index contributed by atoms with van der Waals surface area (Å²) < 4.78 is 26.9. The standard InChI is InChI=1S/C24H27NO6/c1-14(12-31-13-26)22-19(27-3)8-7-17-18(11-25-23(17)22)15(2)16-9-20(28-4)24(30-6)21(10-16)29-5/h7-11,13-14,25H,2,12H2,1,3-6H3. The van der Waals surface area contributed by atoms with Crippen molar-refractivity contribution in [1.29, 1.82) is 0 Å². The number of hydrogen-bond acceptors (Lipinski definition) is 6. The highest BCUT2D eigenvalue weighted by molar-refractivity contribution is 5.99. The minimum Gasteiger partial charge on any atom is -0.496 e. The second-order valence-corrected chi connectivity index (χ2v) is 7.03.